The molecule has 0 fully saturated rings. The molecule has 1 aromatic carbocycles. The number of allylic oxidation sites excluding steroid dienone is 1. The zero-order chi connectivity index (χ0) is 16.9. The van der Waals surface area contributed by atoms with Crippen molar-refractivity contribution in [2.45, 2.75) is 26.4 Å². The summed E-state index contributed by atoms with van der Waals surface area (Å²) in [6, 6.07) is 8.81. The van der Waals surface area contributed by atoms with Gasteiger partial charge in [0.25, 0.3) is 0 Å². The van der Waals surface area contributed by atoms with E-state index in [-0.39, 0.29) is 11.4 Å². The van der Waals surface area contributed by atoms with Gasteiger partial charge in [-0.2, -0.15) is 10.5 Å². The van der Waals surface area contributed by atoms with Crippen LogP contribution >= 0.6 is 0 Å². The highest BCUT2D eigenvalue weighted by molar-refractivity contribution is 5.96. The number of rotatable bonds is 4. The minimum absolute atomic E-state index is 0.162. The largest absolute Gasteiger partial charge is 0.456 e. The number of carbonyl (C=O) groups excluding carboxylic acids is 1. The Kier molecular flexibility index (Phi) is 4.71. The molecule has 0 amide bonds. The lowest BCUT2D eigenvalue weighted by atomic mass is 10.1. The monoisotopic (exact) mass is 312 g/mol. The minimum Gasteiger partial charge on any atom is -0.456 e. The molecule has 118 valence electrons. The Balaban J connectivity index is 2.24. The summed E-state index contributed by atoms with van der Waals surface area (Å²) in [6.45, 7) is 5.39. The summed E-state index contributed by atoms with van der Waals surface area (Å²) in [5.41, 5.74) is 0.461. The number of nitrogens with one attached hydrogen (secondary N) is 2. The van der Waals surface area contributed by atoms with Gasteiger partial charge in [0.2, 0.25) is 5.82 Å². The zero-order valence-electron chi connectivity index (χ0n) is 13.0. The number of aromatic nitrogens is 4. The quantitative estimate of drug-likeness (QED) is 0.656. The molecule has 23 heavy (non-hydrogen) atoms. The average Bonchev–Trinajstić information content (AvgIpc) is 3.01. The van der Waals surface area contributed by atoms with Gasteiger partial charge in [0.15, 0.2) is 0 Å². The van der Waals surface area contributed by atoms with Crippen LogP contribution in [0.15, 0.2) is 30.5 Å². The molecule has 0 radical (unpaired) electrons. The molecule has 0 saturated carbocycles. The Morgan fingerprint density at radius 1 is 1.39 bits per heavy atom. The van der Waals surface area contributed by atoms with Gasteiger partial charge in [-0.25, -0.2) is 4.79 Å². The highest BCUT2D eigenvalue weighted by Crippen LogP contribution is 2.20. The molecule has 0 spiro atoms. The number of tetrazole rings is 1. The van der Waals surface area contributed by atoms with E-state index in [1.807, 2.05) is 6.07 Å². The lowest BCUT2D eigenvalue weighted by Gasteiger charge is -2.20. The normalized spacial score (nSPS) is 11.7. The van der Waals surface area contributed by atoms with E-state index >= 15 is 0 Å². The predicted octanol–water partition coefficient (Wildman–Crippen LogP) is 2.13. The summed E-state index contributed by atoms with van der Waals surface area (Å²) in [7, 11) is 0. The lowest BCUT2D eigenvalue weighted by molar-refractivity contribution is 0.00707. The molecule has 8 nitrogen and oxygen atoms in total. The van der Waals surface area contributed by atoms with Crippen molar-refractivity contribution in [2.24, 2.45) is 0 Å². The summed E-state index contributed by atoms with van der Waals surface area (Å²) in [6.07, 6.45) is 1.41. The number of anilines is 1. The molecule has 0 unspecified atom stereocenters. The molecule has 1 aromatic heterocycles. The second-order valence-corrected chi connectivity index (χ2v) is 5.60. The summed E-state index contributed by atoms with van der Waals surface area (Å²) in [4.78, 5) is 12.2. The van der Waals surface area contributed by atoms with Gasteiger partial charge in [-0.1, -0.05) is 12.1 Å². The highest BCUT2D eigenvalue weighted by atomic mass is 16.6. The number of carbonyl (C=O) groups is 1. The first kappa shape index (κ1) is 16.2. The van der Waals surface area contributed by atoms with E-state index in [0.717, 1.165) is 0 Å². The van der Waals surface area contributed by atoms with Crippen molar-refractivity contribution < 1.29 is 9.53 Å². The number of benzene rings is 1. The average molecular weight is 312 g/mol. The SMILES string of the molecule is CC(C)(C)OC(=O)c1ccccc1NC=C(C#N)c1nn[nH]n1. The van der Waals surface area contributed by atoms with Crippen LogP contribution in [0.1, 0.15) is 37.0 Å². The molecule has 0 aliphatic carbocycles. The third-order valence-electron chi connectivity index (χ3n) is 2.62. The van der Waals surface area contributed by atoms with Crippen LogP contribution in [0.2, 0.25) is 0 Å². The summed E-state index contributed by atoms with van der Waals surface area (Å²) in [5.74, 6) is -0.290. The molecular formula is C15H16N6O2. The first-order valence-corrected chi connectivity index (χ1v) is 6.84. The van der Waals surface area contributed by atoms with Crippen LogP contribution in [-0.2, 0) is 4.74 Å². The lowest BCUT2D eigenvalue weighted by Crippen LogP contribution is -2.24. The fourth-order valence-corrected chi connectivity index (χ4v) is 1.69. The van der Waals surface area contributed by atoms with Crippen molar-refractivity contribution >= 4 is 17.2 Å². The van der Waals surface area contributed by atoms with Crippen molar-refractivity contribution in [3.63, 3.8) is 0 Å². The number of ether oxygens (including phenoxy) is 1. The maximum Gasteiger partial charge on any atom is 0.340 e. The van der Waals surface area contributed by atoms with Crippen molar-refractivity contribution in [1.29, 1.82) is 5.26 Å². The van der Waals surface area contributed by atoms with Crippen LogP contribution in [-0.4, -0.2) is 32.2 Å². The third kappa shape index (κ3) is 4.38. The number of hydrogen-bond donors (Lipinski definition) is 2. The van der Waals surface area contributed by atoms with E-state index in [2.05, 4.69) is 25.9 Å². The van der Waals surface area contributed by atoms with Gasteiger partial charge in [0.05, 0.1) is 11.3 Å². The van der Waals surface area contributed by atoms with Gasteiger partial charge >= 0.3 is 5.97 Å². The topological polar surface area (TPSA) is 117 Å². The molecule has 2 N–H and O–H groups in total. The Hall–Kier alpha value is -3.21. The van der Waals surface area contributed by atoms with Crippen molar-refractivity contribution in [2.75, 3.05) is 5.32 Å². The van der Waals surface area contributed by atoms with Crippen molar-refractivity contribution in [1.82, 2.24) is 20.6 Å². The van der Waals surface area contributed by atoms with E-state index in [1.165, 1.54) is 6.20 Å². The summed E-state index contributed by atoms with van der Waals surface area (Å²) in [5, 5.41) is 25.2. The smallest absolute Gasteiger partial charge is 0.340 e. The third-order valence-corrected chi connectivity index (χ3v) is 2.62. The molecule has 0 atom stereocenters. The molecule has 0 aliphatic heterocycles. The summed E-state index contributed by atoms with van der Waals surface area (Å²) < 4.78 is 5.37. The first-order chi connectivity index (χ1) is 10.9. The molecule has 2 aromatic rings. The maximum atomic E-state index is 12.2. The van der Waals surface area contributed by atoms with Crippen LogP contribution < -0.4 is 5.32 Å². The molecule has 0 bridgehead atoms. The van der Waals surface area contributed by atoms with Gasteiger partial charge < -0.3 is 10.1 Å². The zero-order valence-corrected chi connectivity index (χ0v) is 13.0. The Labute approximate surface area is 133 Å². The van der Waals surface area contributed by atoms with Gasteiger partial charge in [0.1, 0.15) is 17.2 Å². The standard InChI is InChI=1S/C15H16N6O2/c1-15(2,3)23-14(22)11-6-4-5-7-12(11)17-9-10(8-16)13-18-20-21-19-13/h4-7,9,17H,1-3H3,(H,18,19,20,21). The van der Waals surface area contributed by atoms with Gasteiger partial charge in [-0.15, -0.1) is 10.2 Å². The van der Waals surface area contributed by atoms with Gasteiger partial charge in [-0.05, 0) is 38.1 Å². The van der Waals surface area contributed by atoms with E-state index < -0.39 is 11.6 Å². The molecule has 1 heterocycles. The number of aromatic amines is 1. The Morgan fingerprint density at radius 2 is 2.13 bits per heavy atom. The Bertz CT molecular complexity index is 753. The number of nitriles is 1. The molecule has 8 heteroatoms. The van der Waals surface area contributed by atoms with Crippen LogP contribution in [0, 0.1) is 11.3 Å². The molecule has 0 saturated heterocycles. The minimum atomic E-state index is -0.595. The van der Waals surface area contributed by atoms with E-state index in [1.54, 1.807) is 45.0 Å². The fraction of sp³-hybridized carbons (Fsp3) is 0.267. The number of nitrogens with zero attached hydrogens (tertiary/aromatic N) is 4. The second kappa shape index (κ2) is 6.70. The van der Waals surface area contributed by atoms with Crippen LogP contribution in [0.25, 0.3) is 5.57 Å². The van der Waals surface area contributed by atoms with Crippen LogP contribution in [0.5, 0.6) is 0 Å². The number of hydrogen-bond acceptors (Lipinski definition) is 7. The molecule has 2 rings (SSSR count). The van der Waals surface area contributed by atoms with Crippen LogP contribution in [0.3, 0.4) is 0 Å². The second-order valence-electron chi connectivity index (χ2n) is 5.60. The number of H-pyrrole nitrogens is 1. The molecule has 0 aliphatic rings. The maximum absolute atomic E-state index is 12.2. The van der Waals surface area contributed by atoms with Crippen molar-refractivity contribution in [3.05, 3.63) is 41.9 Å². The van der Waals surface area contributed by atoms with Crippen molar-refractivity contribution in [3.8, 4) is 6.07 Å². The fourth-order valence-electron chi connectivity index (χ4n) is 1.69. The number of para-hydroxylation sites is 1. The highest BCUT2D eigenvalue weighted by Gasteiger charge is 2.20. The number of esters is 1. The van der Waals surface area contributed by atoms with E-state index in [4.69, 9.17) is 10.00 Å². The van der Waals surface area contributed by atoms with E-state index in [0.29, 0.717) is 11.3 Å². The predicted molar refractivity (Wildman–Crippen MR) is 83.0 cm³/mol. The van der Waals surface area contributed by atoms with Crippen LogP contribution in [0.4, 0.5) is 5.69 Å². The van der Waals surface area contributed by atoms with Gasteiger partial charge in [0, 0.05) is 6.20 Å². The first-order valence-electron chi connectivity index (χ1n) is 6.84. The van der Waals surface area contributed by atoms with E-state index in [9.17, 15) is 4.79 Å². The van der Waals surface area contributed by atoms with Gasteiger partial charge in [-0.3, -0.25) is 0 Å². The molecular weight excluding hydrogens is 296 g/mol. The Morgan fingerprint density at radius 3 is 2.74 bits per heavy atom. The summed E-state index contributed by atoms with van der Waals surface area (Å²) >= 11 is 0.